The van der Waals surface area contributed by atoms with Crippen molar-refractivity contribution < 1.29 is 22.0 Å². The van der Waals surface area contributed by atoms with Gasteiger partial charge in [0.15, 0.2) is 0 Å². The molecular weight excluding hydrogens is 316 g/mol. The van der Waals surface area contributed by atoms with E-state index in [4.69, 9.17) is 0 Å². The summed E-state index contributed by atoms with van der Waals surface area (Å²) in [5, 5.41) is 2.52. The minimum Gasteiger partial charge on any atom is -0.356 e. The second kappa shape index (κ2) is 4.95. The van der Waals surface area contributed by atoms with Crippen molar-refractivity contribution in [3.05, 3.63) is 24.5 Å². The normalized spacial score (nSPS) is 28.7. The molecule has 0 aromatic carbocycles. The van der Waals surface area contributed by atoms with E-state index >= 15 is 0 Å². The molecule has 9 heteroatoms. The molecule has 1 amide bonds. The van der Waals surface area contributed by atoms with Gasteiger partial charge in [0.1, 0.15) is 4.90 Å². The van der Waals surface area contributed by atoms with Crippen LogP contribution >= 0.6 is 0 Å². The van der Waals surface area contributed by atoms with Crippen LogP contribution in [0.2, 0.25) is 0 Å². The minimum atomic E-state index is -4.11. The number of halogens is 2. The Bertz CT molecular complexity index is 696. The molecule has 6 nitrogen and oxygen atoms in total. The number of pyridine rings is 1. The lowest BCUT2D eigenvalue weighted by molar-refractivity contribution is -0.142. The van der Waals surface area contributed by atoms with Crippen LogP contribution in [-0.2, 0) is 14.8 Å². The van der Waals surface area contributed by atoms with E-state index in [0.717, 1.165) is 6.20 Å². The van der Waals surface area contributed by atoms with Crippen LogP contribution in [0, 0.1) is 5.41 Å². The van der Waals surface area contributed by atoms with E-state index in [0.29, 0.717) is 4.31 Å². The third-order valence-corrected chi connectivity index (χ3v) is 5.90. The summed E-state index contributed by atoms with van der Waals surface area (Å²) in [6, 6.07) is 2.73. The molecule has 1 aromatic heterocycles. The van der Waals surface area contributed by atoms with E-state index in [1.807, 2.05) is 0 Å². The second-order valence-electron chi connectivity index (χ2n) is 5.78. The van der Waals surface area contributed by atoms with Gasteiger partial charge in [-0.15, -0.1) is 0 Å². The molecule has 1 aromatic rings. The van der Waals surface area contributed by atoms with E-state index in [-0.39, 0.29) is 24.4 Å². The maximum Gasteiger partial charge on any atom is 0.262 e. The molecule has 2 aliphatic heterocycles. The summed E-state index contributed by atoms with van der Waals surface area (Å²) in [7, 11) is -4.11. The maximum atomic E-state index is 14.1. The topological polar surface area (TPSA) is 79.4 Å². The first kappa shape index (κ1) is 15.3. The van der Waals surface area contributed by atoms with Gasteiger partial charge in [0.05, 0.1) is 12.0 Å². The Kier molecular flexibility index (Phi) is 3.44. The average molecular weight is 331 g/mol. The number of piperidine rings is 1. The first-order chi connectivity index (χ1) is 10.3. The Morgan fingerprint density at radius 2 is 2.09 bits per heavy atom. The summed E-state index contributed by atoms with van der Waals surface area (Å²) in [4.78, 5) is 15.5. The van der Waals surface area contributed by atoms with Crippen LogP contribution in [0.15, 0.2) is 29.4 Å². The lowest BCUT2D eigenvalue weighted by atomic mass is 9.78. The summed E-state index contributed by atoms with van der Waals surface area (Å²) in [6.07, 6.45) is 2.10. The van der Waals surface area contributed by atoms with Crippen LogP contribution in [0.3, 0.4) is 0 Å². The number of aromatic nitrogens is 1. The number of rotatable bonds is 2. The van der Waals surface area contributed by atoms with Gasteiger partial charge in [-0.3, -0.25) is 9.78 Å². The fourth-order valence-electron chi connectivity index (χ4n) is 3.11. The molecule has 0 bridgehead atoms. The Labute approximate surface area is 126 Å². The molecule has 0 saturated carbocycles. The number of nitrogens with zero attached hydrogens (tertiary/aromatic N) is 2. The van der Waals surface area contributed by atoms with Gasteiger partial charge in [-0.25, -0.2) is 17.2 Å². The van der Waals surface area contributed by atoms with E-state index in [9.17, 15) is 22.0 Å². The highest BCUT2D eigenvalue weighted by molar-refractivity contribution is 7.89. The van der Waals surface area contributed by atoms with Gasteiger partial charge in [-0.05, 0) is 18.6 Å². The van der Waals surface area contributed by atoms with E-state index in [1.54, 1.807) is 0 Å². The zero-order chi connectivity index (χ0) is 16.0. The third kappa shape index (κ3) is 2.48. The summed E-state index contributed by atoms with van der Waals surface area (Å²) in [5.74, 6) is -3.74. The number of carbonyl (C=O) groups excluding carboxylic acids is 1. The monoisotopic (exact) mass is 331 g/mol. The number of amides is 1. The molecule has 2 saturated heterocycles. The largest absolute Gasteiger partial charge is 0.356 e. The van der Waals surface area contributed by atoms with E-state index < -0.39 is 40.2 Å². The molecule has 0 aliphatic carbocycles. The van der Waals surface area contributed by atoms with Crippen LogP contribution in [0.1, 0.15) is 12.8 Å². The van der Waals surface area contributed by atoms with Crippen LogP contribution < -0.4 is 5.32 Å². The van der Waals surface area contributed by atoms with Crippen LogP contribution in [0.4, 0.5) is 8.78 Å². The van der Waals surface area contributed by atoms with Crippen molar-refractivity contribution in [2.75, 3.05) is 19.6 Å². The van der Waals surface area contributed by atoms with Gasteiger partial charge in [-0.2, -0.15) is 4.31 Å². The Hall–Kier alpha value is -1.61. The first-order valence-corrected chi connectivity index (χ1v) is 8.26. The lowest BCUT2D eigenvalue weighted by Gasteiger charge is -2.41. The standard InChI is InChI=1S/C13H15F2N3O3S/c14-13(15)7-12(3-5-17-11(12)19)8-18(9-13)22(20,21)10-2-1-4-16-6-10/h1-2,4,6H,3,5,7-9H2,(H,17,19). The predicted octanol–water partition coefficient (Wildman–Crippen LogP) is 0.618. The molecule has 22 heavy (non-hydrogen) atoms. The Morgan fingerprint density at radius 3 is 2.68 bits per heavy atom. The van der Waals surface area contributed by atoms with E-state index in [2.05, 4.69) is 10.3 Å². The molecule has 2 fully saturated rings. The molecule has 2 aliphatic rings. The highest BCUT2D eigenvalue weighted by Gasteiger charge is 2.57. The van der Waals surface area contributed by atoms with Gasteiger partial charge in [-0.1, -0.05) is 0 Å². The molecule has 3 rings (SSSR count). The number of sulfonamides is 1. The van der Waals surface area contributed by atoms with E-state index in [1.165, 1.54) is 18.3 Å². The van der Waals surface area contributed by atoms with Crippen molar-refractivity contribution in [1.29, 1.82) is 0 Å². The van der Waals surface area contributed by atoms with Crippen molar-refractivity contribution in [3.8, 4) is 0 Å². The van der Waals surface area contributed by atoms with Gasteiger partial charge in [0.2, 0.25) is 15.9 Å². The van der Waals surface area contributed by atoms with Crippen LogP contribution in [0.5, 0.6) is 0 Å². The summed E-state index contributed by atoms with van der Waals surface area (Å²) < 4.78 is 53.9. The maximum absolute atomic E-state index is 14.1. The summed E-state index contributed by atoms with van der Waals surface area (Å²) in [5.41, 5.74) is -1.35. The molecule has 1 unspecified atom stereocenters. The number of nitrogens with one attached hydrogen (secondary N) is 1. The zero-order valence-corrected chi connectivity index (χ0v) is 12.4. The Morgan fingerprint density at radius 1 is 1.32 bits per heavy atom. The SMILES string of the molecule is O=C1NCCC12CN(S(=O)(=O)c1cccnc1)CC(F)(F)C2. The van der Waals surface area contributed by atoms with Gasteiger partial charge < -0.3 is 5.32 Å². The van der Waals surface area contributed by atoms with Crippen LogP contribution in [-0.4, -0.2) is 49.2 Å². The molecule has 120 valence electrons. The van der Waals surface area contributed by atoms with Gasteiger partial charge >= 0.3 is 0 Å². The highest BCUT2D eigenvalue weighted by Crippen LogP contribution is 2.44. The van der Waals surface area contributed by atoms with Crippen molar-refractivity contribution in [2.24, 2.45) is 5.41 Å². The lowest BCUT2D eigenvalue weighted by Crippen LogP contribution is -2.56. The average Bonchev–Trinajstić information content (AvgIpc) is 2.78. The first-order valence-electron chi connectivity index (χ1n) is 6.82. The number of hydrogen-bond acceptors (Lipinski definition) is 4. The number of alkyl halides is 2. The van der Waals surface area contributed by atoms with Crippen molar-refractivity contribution >= 4 is 15.9 Å². The quantitative estimate of drug-likeness (QED) is 0.861. The highest BCUT2D eigenvalue weighted by atomic mass is 32.2. The summed E-state index contributed by atoms with van der Waals surface area (Å²) in [6.45, 7) is -0.861. The molecule has 0 radical (unpaired) electrons. The Balaban J connectivity index is 1.99. The number of carbonyl (C=O) groups is 1. The van der Waals surface area contributed by atoms with Gasteiger partial charge in [0.25, 0.3) is 5.92 Å². The summed E-state index contributed by atoms with van der Waals surface area (Å²) >= 11 is 0. The van der Waals surface area contributed by atoms with Crippen molar-refractivity contribution in [1.82, 2.24) is 14.6 Å². The molecule has 3 heterocycles. The fraction of sp³-hybridized carbons (Fsp3) is 0.538. The predicted molar refractivity (Wildman–Crippen MR) is 72.6 cm³/mol. The van der Waals surface area contributed by atoms with Crippen molar-refractivity contribution in [2.45, 2.75) is 23.7 Å². The molecular formula is C13H15F2N3O3S. The fourth-order valence-corrected chi connectivity index (χ4v) is 4.63. The van der Waals surface area contributed by atoms with Crippen LogP contribution in [0.25, 0.3) is 0 Å². The third-order valence-electron chi connectivity index (χ3n) is 4.13. The smallest absolute Gasteiger partial charge is 0.262 e. The van der Waals surface area contributed by atoms with Crippen molar-refractivity contribution in [3.63, 3.8) is 0 Å². The number of hydrogen-bond donors (Lipinski definition) is 1. The van der Waals surface area contributed by atoms with Gasteiger partial charge in [0, 0.05) is 31.9 Å². The zero-order valence-electron chi connectivity index (χ0n) is 11.6. The molecule has 1 N–H and O–H groups in total. The second-order valence-corrected chi connectivity index (χ2v) is 7.72. The molecule has 1 atom stereocenters. The minimum absolute atomic E-state index is 0.152. The molecule has 1 spiro atoms.